The number of carboxylic acid groups (broad SMARTS) is 2. The molecule has 21 N–H and O–H groups in total. The van der Waals surface area contributed by atoms with E-state index in [1.54, 1.807) is 71.9 Å². The topological polar surface area (TPSA) is 545 Å². The second kappa shape index (κ2) is 41.6. The smallest absolute Gasteiger partial charge is 0.320 e. The third kappa shape index (κ3) is 26.7. The summed E-state index contributed by atoms with van der Waals surface area (Å²) in [5.74, 6) is -17.7. The van der Waals surface area contributed by atoms with Gasteiger partial charge in [-0.15, -0.1) is 11.8 Å². The van der Waals surface area contributed by atoms with Crippen LogP contribution in [0.25, 0.3) is 0 Å². The predicted molar refractivity (Wildman–Crippen MR) is 369 cm³/mol. The molecule has 0 spiro atoms. The summed E-state index contributed by atoms with van der Waals surface area (Å²) in [6.07, 6.45) is 0.561. The molecule has 1 aromatic carbocycles. The van der Waals surface area contributed by atoms with E-state index in [0.29, 0.717) is 29.1 Å². The van der Waals surface area contributed by atoms with Crippen molar-refractivity contribution in [2.75, 3.05) is 18.8 Å². The molecule has 100 heavy (non-hydrogen) atoms. The number of aliphatic imine (C=N–C) groups is 1. The number of nitrogens with two attached hydrogens (primary N) is 4. The maximum Gasteiger partial charge on any atom is 0.320 e. The number of hydrogen-bond donors (Lipinski definition) is 17. The van der Waals surface area contributed by atoms with Crippen LogP contribution in [-0.2, 0) is 80.0 Å². The summed E-state index contributed by atoms with van der Waals surface area (Å²) in [4.78, 5) is 207. The van der Waals surface area contributed by atoms with Crippen molar-refractivity contribution in [3.63, 3.8) is 0 Å². The zero-order valence-electron chi connectivity index (χ0n) is 58.1. The number of aromatic amines is 1. The average molecular weight is 1420 g/mol. The van der Waals surface area contributed by atoms with Gasteiger partial charge in [-0.2, -0.15) is 0 Å². The summed E-state index contributed by atoms with van der Waals surface area (Å²) in [6.45, 7) is 14.2. The fourth-order valence-electron chi connectivity index (χ4n) is 11.0. The first-order valence-electron chi connectivity index (χ1n) is 34.0. The van der Waals surface area contributed by atoms with Gasteiger partial charge in [-0.05, 0) is 80.7 Å². The molecule has 4 rings (SSSR count). The van der Waals surface area contributed by atoms with E-state index in [1.165, 1.54) is 24.3 Å². The number of ketones is 1. The van der Waals surface area contributed by atoms with Crippen molar-refractivity contribution in [1.29, 1.82) is 0 Å². The van der Waals surface area contributed by atoms with Crippen LogP contribution in [0, 0.1) is 29.6 Å². The molecule has 1 saturated heterocycles. The molecule has 0 bridgehead atoms. The second-order valence-electron chi connectivity index (χ2n) is 26.1. The number of carboxylic acids is 2. The summed E-state index contributed by atoms with van der Waals surface area (Å²) in [7, 11) is 0. The fraction of sp³-hybridized carbons (Fsp3) is 0.636. The number of carbonyl (C=O) groups is 14. The molecule has 2 aromatic rings. The van der Waals surface area contributed by atoms with Gasteiger partial charge in [0.15, 0.2) is 5.78 Å². The third-order valence-electron chi connectivity index (χ3n) is 17.7. The van der Waals surface area contributed by atoms with Gasteiger partial charge in [0.1, 0.15) is 66.3 Å². The molecular weight excluding hydrogens is 1320 g/mol. The van der Waals surface area contributed by atoms with Gasteiger partial charge in [-0.25, -0.2) is 4.98 Å². The van der Waals surface area contributed by atoms with Crippen LogP contribution in [0.1, 0.15) is 144 Å². The summed E-state index contributed by atoms with van der Waals surface area (Å²) >= 11 is 1.33. The van der Waals surface area contributed by atoms with Crippen molar-refractivity contribution in [1.82, 2.24) is 63.1 Å². The van der Waals surface area contributed by atoms with Crippen LogP contribution in [0.15, 0.2) is 47.8 Å². The summed E-state index contributed by atoms with van der Waals surface area (Å²) in [5, 5.41) is 46.4. The summed E-state index contributed by atoms with van der Waals surface area (Å²) in [6, 6.07) is -8.68. The maximum atomic E-state index is 14.7. The van der Waals surface area contributed by atoms with E-state index in [-0.39, 0.29) is 82.0 Å². The molecule has 1 fully saturated rings. The molecule has 33 nitrogen and oxygen atoms in total. The number of primary amides is 1. The van der Waals surface area contributed by atoms with Crippen molar-refractivity contribution < 1.29 is 77.3 Å². The number of benzene rings is 1. The number of aliphatic carboxylic acids is 2. The number of nitrogens with zero attached hydrogens (tertiary/aromatic N) is 2. The quantitative estimate of drug-likeness (QED) is 0.0261. The Morgan fingerprint density at radius 1 is 0.640 bits per heavy atom. The lowest BCUT2D eigenvalue weighted by Crippen LogP contribution is -2.61. The van der Waals surface area contributed by atoms with Crippen LogP contribution >= 0.6 is 11.8 Å². The number of thioether (sulfide) groups is 1. The Hall–Kier alpha value is -8.89. The molecule has 16 atom stereocenters. The molecule has 3 heterocycles. The van der Waals surface area contributed by atoms with Crippen LogP contribution < -0.4 is 76.1 Å². The minimum Gasteiger partial charge on any atom is -0.481 e. The molecule has 0 aliphatic carbocycles. The number of unbranched alkanes of at least 4 members (excludes halogenated alkanes) is 1. The standard InChI is InChI=1S/C66H103N17O16S/c1-9-34(6)51(70)65-81-48(31-100-65)62(95)76-43(24-33(4)5)54(87)39(27-40(68)66(98)99)55(88)82-52(35(7)10-2)63(96)72-23-16-15-20-41-56(89)74-42(21-17-22-67)57(90)83-53(36(8)11-3)64(97)80-44(25-37-18-13-12-14-19-37)58(91)77-45(26-38-30-71-32-73-38)59(92)79-47(29-50(85)86)61(94)78-46(28-49(69)84)60(93)75-41/h12-14,18-19,30,32-36,39-48,51-53H,9-11,15-17,20-29,31,67-68,70H2,1-8H3,(H2,69,84)(H,71,73)(H,72,96)(H,74,89)(H,75,93)(H,76,95)(H,77,91)(H,78,94)(H,79,92)(H,80,97)(H,82,88)(H,83,90)(H,85,86)(H,98,99). The monoisotopic (exact) mass is 1420 g/mol. The highest BCUT2D eigenvalue weighted by Crippen LogP contribution is 2.25. The lowest BCUT2D eigenvalue weighted by Gasteiger charge is -2.29. The first-order valence-corrected chi connectivity index (χ1v) is 35.0. The van der Waals surface area contributed by atoms with Gasteiger partial charge in [-0.3, -0.25) is 72.1 Å². The van der Waals surface area contributed by atoms with Gasteiger partial charge >= 0.3 is 11.9 Å². The number of Topliss-reactive ketones (excluding diaryl/α,β-unsaturated/α-hetero) is 1. The number of amides is 11. The average Bonchev–Trinajstić information content (AvgIpc) is 1.18. The highest BCUT2D eigenvalue weighted by Gasteiger charge is 2.42. The minimum absolute atomic E-state index is 0.0193. The molecule has 16 unspecified atom stereocenters. The number of H-pyrrole nitrogens is 1. The Balaban J connectivity index is 1.70. The molecule has 1 aromatic heterocycles. The van der Waals surface area contributed by atoms with E-state index >= 15 is 0 Å². The molecule has 0 saturated carbocycles. The number of hydrogen-bond acceptors (Lipinski definition) is 20. The van der Waals surface area contributed by atoms with E-state index in [9.17, 15) is 77.3 Å². The fourth-order valence-corrected chi connectivity index (χ4v) is 12.2. The second-order valence-corrected chi connectivity index (χ2v) is 27.1. The van der Waals surface area contributed by atoms with Gasteiger partial charge in [0.2, 0.25) is 65.0 Å². The molecule has 11 amide bonds. The molecular formula is C66H103N17O16S. The van der Waals surface area contributed by atoms with Crippen LogP contribution in [-0.4, -0.2) is 199 Å². The van der Waals surface area contributed by atoms with Gasteiger partial charge in [-0.1, -0.05) is 105 Å². The highest BCUT2D eigenvalue weighted by atomic mass is 32.2. The van der Waals surface area contributed by atoms with E-state index < -0.39 is 192 Å². The van der Waals surface area contributed by atoms with Crippen LogP contribution in [0.3, 0.4) is 0 Å². The Morgan fingerprint density at radius 3 is 1.74 bits per heavy atom. The first-order chi connectivity index (χ1) is 47.3. The highest BCUT2D eigenvalue weighted by molar-refractivity contribution is 8.14. The zero-order valence-corrected chi connectivity index (χ0v) is 58.9. The largest absolute Gasteiger partial charge is 0.481 e. The molecule has 34 heteroatoms. The van der Waals surface area contributed by atoms with E-state index in [0.717, 1.165) is 6.42 Å². The third-order valence-corrected chi connectivity index (χ3v) is 18.9. The number of aromatic nitrogens is 2. The van der Waals surface area contributed by atoms with E-state index in [1.807, 2.05) is 13.8 Å². The Bertz CT molecular complexity index is 3180. The maximum absolute atomic E-state index is 14.7. The van der Waals surface area contributed by atoms with E-state index in [2.05, 4.69) is 68.1 Å². The first kappa shape index (κ1) is 83.5. The normalized spacial score (nSPS) is 23.0. The molecule has 2 aliphatic heterocycles. The Labute approximate surface area is 585 Å². The minimum atomic E-state index is -2.01. The van der Waals surface area contributed by atoms with Crippen molar-refractivity contribution >= 4 is 99.5 Å². The number of nitrogens with one attached hydrogen (secondary N) is 11. The van der Waals surface area contributed by atoms with Gasteiger partial charge in [0, 0.05) is 37.0 Å². The molecule has 0 radical (unpaired) electrons. The lowest BCUT2D eigenvalue weighted by molar-refractivity contribution is -0.143. The van der Waals surface area contributed by atoms with Gasteiger partial charge in [0.05, 0.1) is 36.3 Å². The van der Waals surface area contributed by atoms with Gasteiger partial charge in [0.25, 0.3) is 0 Å². The van der Waals surface area contributed by atoms with E-state index in [4.69, 9.17) is 22.9 Å². The summed E-state index contributed by atoms with van der Waals surface area (Å²) in [5.41, 5.74) is 24.7. The summed E-state index contributed by atoms with van der Waals surface area (Å²) < 4.78 is 0. The number of carbonyl (C=O) groups excluding carboxylic acids is 12. The lowest BCUT2D eigenvalue weighted by atomic mass is 9.86. The molecule has 554 valence electrons. The van der Waals surface area contributed by atoms with Crippen LogP contribution in [0.4, 0.5) is 0 Å². The number of imidazole rings is 1. The number of rotatable bonds is 35. The van der Waals surface area contributed by atoms with Gasteiger partial charge < -0.3 is 91.3 Å². The molecule has 2 aliphatic rings. The Kier molecular flexibility index (Phi) is 34.8. The SMILES string of the molecule is CCC(C)C(N)C1=NC(C(=O)NC(CC(C)C)C(=O)C(CC(N)C(=O)O)C(=O)NC(C(=O)NCCCCC2NC(=O)C(CC(N)=O)NC(=O)C(CC(=O)O)NC(=O)C(Cc3cnc[nH]3)NC(=O)C(Cc3ccccc3)NC(=O)C(C(C)CC)NC(=O)C(CCCN)NC2=O)C(C)CC)CS1. The van der Waals surface area contributed by atoms with Crippen molar-refractivity contribution in [3.8, 4) is 0 Å². The van der Waals surface area contributed by atoms with Crippen molar-refractivity contribution in [3.05, 3.63) is 54.1 Å². The van der Waals surface area contributed by atoms with Crippen molar-refractivity contribution in [2.45, 2.75) is 218 Å². The Morgan fingerprint density at radius 2 is 1.19 bits per heavy atom. The predicted octanol–water partition coefficient (Wildman–Crippen LogP) is -2.04. The van der Waals surface area contributed by atoms with Crippen LogP contribution in [0.5, 0.6) is 0 Å². The zero-order chi connectivity index (χ0) is 74.5. The van der Waals surface area contributed by atoms with Crippen molar-refractivity contribution in [2.24, 2.45) is 57.5 Å². The van der Waals surface area contributed by atoms with Crippen LogP contribution in [0.2, 0.25) is 0 Å².